The largest absolute Gasteiger partial charge is 0.486 e. The van der Waals surface area contributed by atoms with Crippen LogP contribution in [0.15, 0.2) is 24.7 Å². The van der Waals surface area contributed by atoms with Crippen LogP contribution >= 0.6 is 11.6 Å². The van der Waals surface area contributed by atoms with Crippen molar-refractivity contribution in [3.05, 3.63) is 29.7 Å². The number of benzene rings is 1. The van der Waals surface area contributed by atoms with Gasteiger partial charge in [-0.15, -0.1) is 0 Å². The van der Waals surface area contributed by atoms with Gasteiger partial charge >= 0.3 is 0 Å². The predicted molar refractivity (Wildman–Crippen MR) is 73.1 cm³/mol. The van der Waals surface area contributed by atoms with Gasteiger partial charge in [0.1, 0.15) is 30.9 Å². The number of nitrogens with one attached hydrogen (secondary N) is 1. The third kappa shape index (κ3) is 1.77. The van der Waals surface area contributed by atoms with Crippen LogP contribution < -0.4 is 9.47 Å². The van der Waals surface area contributed by atoms with E-state index in [1.807, 2.05) is 6.07 Å². The standard InChI is InChI=1S/C13H9ClN4O2/c14-8-3-7(4-10-11(8)20-2-1-19-10)12-17-9-5-15-6-16-13(9)18-12/h3-6H,1-2H2,(H,15,16,17,18). The summed E-state index contributed by atoms with van der Waals surface area (Å²) in [6.07, 6.45) is 3.14. The molecule has 0 bridgehead atoms. The van der Waals surface area contributed by atoms with Gasteiger partial charge in [0.25, 0.3) is 0 Å². The van der Waals surface area contributed by atoms with E-state index in [0.29, 0.717) is 41.2 Å². The van der Waals surface area contributed by atoms with Gasteiger partial charge in [0, 0.05) is 5.56 Å². The lowest BCUT2D eigenvalue weighted by Gasteiger charge is -2.19. The first kappa shape index (κ1) is 11.5. The molecule has 3 aromatic rings. The molecule has 7 heteroatoms. The Balaban J connectivity index is 1.87. The second-order valence-electron chi connectivity index (χ2n) is 4.33. The zero-order valence-corrected chi connectivity index (χ0v) is 11.0. The molecule has 6 nitrogen and oxygen atoms in total. The highest BCUT2D eigenvalue weighted by atomic mass is 35.5. The molecule has 0 saturated heterocycles. The number of nitrogens with zero attached hydrogens (tertiary/aromatic N) is 3. The smallest absolute Gasteiger partial charge is 0.181 e. The number of hydrogen-bond acceptors (Lipinski definition) is 5. The summed E-state index contributed by atoms with van der Waals surface area (Å²) in [5, 5.41) is 0.503. The maximum Gasteiger partial charge on any atom is 0.181 e. The first-order valence-electron chi connectivity index (χ1n) is 6.06. The van der Waals surface area contributed by atoms with Gasteiger partial charge < -0.3 is 14.5 Å². The van der Waals surface area contributed by atoms with E-state index in [4.69, 9.17) is 21.1 Å². The SMILES string of the molecule is Clc1cc(-c2nc3ncncc3[nH]2)cc2c1OCCO2. The second kappa shape index (κ2) is 4.35. The minimum Gasteiger partial charge on any atom is -0.486 e. The van der Waals surface area contributed by atoms with Crippen LogP contribution in [0.25, 0.3) is 22.6 Å². The lowest BCUT2D eigenvalue weighted by atomic mass is 10.2. The summed E-state index contributed by atoms with van der Waals surface area (Å²) in [7, 11) is 0. The highest BCUT2D eigenvalue weighted by molar-refractivity contribution is 6.32. The molecule has 3 heterocycles. The average Bonchev–Trinajstić information content (AvgIpc) is 2.91. The molecule has 1 aliphatic heterocycles. The fourth-order valence-corrected chi connectivity index (χ4v) is 2.41. The van der Waals surface area contributed by atoms with Crippen LogP contribution in [0.5, 0.6) is 11.5 Å². The quantitative estimate of drug-likeness (QED) is 0.744. The molecule has 100 valence electrons. The molecule has 0 amide bonds. The molecular formula is C13H9ClN4O2. The Hall–Kier alpha value is -2.34. The summed E-state index contributed by atoms with van der Waals surface area (Å²) < 4.78 is 11.1. The van der Waals surface area contributed by atoms with Crippen molar-refractivity contribution in [2.45, 2.75) is 0 Å². The lowest BCUT2D eigenvalue weighted by molar-refractivity contribution is 0.172. The third-order valence-corrected chi connectivity index (χ3v) is 3.31. The Bertz CT molecular complexity index is 769. The third-order valence-electron chi connectivity index (χ3n) is 3.03. The number of aromatic nitrogens is 4. The van der Waals surface area contributed by atoms with E-state index in [9.17, 15) is 0 Å². The number of imidazole rings is 1. The maximum atomic E-state index is 6.22. The number of halogens is 1. The van der Waals surface area contributed by atoms with Crippen molar-refractivity contribution in [3.8, 4) is 22.9 Å². The van der Waals surface area contributed by atoms with Crippen molar-refractivity contribution in [1.29, 1.82) is 0 Å². The summed E-state index contributed by atoms with van der Waals surface area (Å²) in [4.78, 5) is 15.6. The molecule has 0 radical (unpaired) electrons. The normalized spacial score (nSPS) is 13.7. The monoisotopic (exact) mass is 288 g/mol. The van der Waals surface area contributed by atoms with Gasteiger partial charge in [-0.2, -0.15) is 0 Å². The Morgan fingerprint density at radius 2 is 2.10 bits per heavy atom. The first-order chi connectivity index (χ1) is 9.81. The number of aromatic amines is 1. The van der Waals surface area contributed by atoms with Gasteiger partial charge in [-0.05, 0) is 12.1 Å². The molecule has 1 aromatic carbocycles. The predicted octanol–water partition coefficient (Wildman–Crippen LogP) is 2.44. The minimum absolute atomic E-state index is 0.503. The Morgan fingerprint density at radius 1 is 1.20 bits per heavy atom. The minimum atomic E-state index is 0.503. The molecule has 4 rings (SSSR count). The fraction of sp³-hybridized carbons (Fsp3) is 0.154. The number of fused-ring (bicyclic) bond motifs is 2. The summed E-state index contributed by atoms with van der Waals surface area (Å²) in [6, 6.07) is 3.64. The van der Waals surface area contributed by atoms with Gasteiger partial charge in [0.15, 0.2) is 17.1 Å². The summed E-state index contributed by atoms with van der Waals surface area (Å²) >= 11 is 6.22. The van der Waals surface area contributed by atoms with Crippen molar-refractivity contribution < 1.29 is 9.47 Å². The van der Waals surface area contributed by atoms with Crippen LogP contribution in [0, 0.1) is 0 Å². The zero-order valence-electron chi connectivity index (χ0n) is 10.3. The summed E-state index contributed by atoms with van der Waals surface area (Å²) in [6.45, 7) is 1.02. The maximum absolute atomic E-state index is 6.22. The van der Waals surface area contributed by atoms with E-state index in [-0.39, 0.29) is 0 Å². The van der Waals surface area contributed by atoms with Crippen molar-refractivity contribution in [3.63, 3.8) is 0 Å². The number of H-pyrrole nitrogens is 1. The fourth-order valence-electron chi connectivity index (χ4n) is 2.15. The highest BCUT2D eigenvalue weighted by Gasteiger charge is 2.18. The molecule has 0 fully saturated rings. The van der Waals surface area contributed by atoms with Gasteiger partial charge in [-0.3, -0.25) is 0 Å². The summed E-state index contributed by atoms with van der Waals surface area (Å²) in [5.74, 6) is 1.88. The van der Waals surface area contributed by atoms with Crippen LogP contribution in [0.3, 0.4) is 0 Å². The van der Waals surface area contributed by atoms with E-state index in [1.165, 1.54) is 6.33 Å². The molecule has 20 heavy (non-hydrogen) atoms. The molecular weight excluding hydrogens is 280 g/mol. The molecule has 0 atom stereocenters. The molecule has 1 N–H and O–H groups in total. The van der Waals surface area contributed by atoms with E-state index in [1.54, 1.807) is 12.3 Å². The van der Waals surface area contributed by atoms with Crippen LogP contribution in [-0.2, 0) is 0 Å². The topological polar surface area (TPSA) is 72.9 Å². The molecule has 1 aliphatic rings. The van der Waals surface area contributed by atoms with Crippen LogP contribution in [0.1, 0.15) is 0 Å². The zero-order chi connectivity index (χ0) is 13.5. The highest BCUT2D eigenvalue weighted by Crippen LogP contribution is 2.40. The van der Waals surface area contributed by atoms with Crippen LogP contribution in [-0.4, -0.2) is 33.1 Å². The second-order valence-corrected chi connectivity index (χ2v) is 4.73. The summed E-state index contributed by atoms with van der Waals surface area (Å²) in [5.41, 5.74) is 2.20. The molecule has 0 unspecified atom stereocenters. The molecule has 0 saturated carbocycles. The molecule has 0 aliphatic carbocycles. The Kier molecular flexibility index (Phi) is 2.50. The molecule has 2 aromatic heterocycles. The van der Waals surface area contributed by atoms with E-state index in [2.05, 4.69) is 19.9 Å². The van der Waals surface area contributed by atoms with Crippen molar-refractivity contribution >= 4 is 22.8 Å². The van der Waals surface area contributed by atoms with E-state index in [0.717, 1.165) is 11.1 Å². The Morgan fingerprint density at radius 3 is 3.00 bits per heavy atom. The number of ether oxygens (including phenoxy) is 2. The van der Waals surface area contributed by atoms with E-state index >= 15 is 0 Å². The average molecular weight is 289 g/mol. The van der Waals surface area contributed by atoms with Crippen LogP contribution in [0.4, 0.5) is 0 Å². The van der Waals surface area contributed by atoms with E-state index < -0.39 is 0 Å². The van der Waals surface area contributed by atoms with Gasteiger partial charge in [-0.25, -0.2) is 15.0 Å². The lowest BCUT2D eigenvalue weighted by Crippen LogP contribution is -2.15. The van der Waals surface area contributed by atoms with Crippen molar-refractivity contribution in [1.82, 2.24) is 19.9 Å². The first-order valence-corrected chi connectivity index (χ1v) is 6.44. The number of rotatable bonds is 1. The van der Waals surface area contributed by atoms with Crippen molar-refractivity contribution in [2.75, 3.05) is 13.2 Å². The van der Waals surface area contributed by atoms with Gasteiger partial charge in [0.2, 0.25) is 0 Å². The van der Waals surface area contributed by atoms with Crippen LogP contribution in [0.2, 0.25) is 5.02 Å². The van der Waals surface area contributed by atoms with Gasteiger partial charge in [-0.1, -0.05) is 11.6 Å². The molecule has 0 spiro atoms. The number of hydrogen-bond donors (Lipinski definition) is 1. The Labute approximate surface area is 118 Å². The van der Waals surface area contributed by atoms with Gasteiger partial charge in [0.05, 0.1) is 11.2 Å². The van der Waals surface area contributed by atoms with Crippen molar-refractivity contribution in [2.24, 2.45) is 0 Å².